The molecular formula is C10H9Cl2N3S. The number of rotatable bonds is 2. The van der Waals surface area contributed by atoms with E-state index in [1.54, 1.807) is 12.3 Å². The van der Waals surface area contributed by atoms with E-state index in [2.05, 4.69) is 9.97 Å². The topological polar surface area (TPSA) is 51.8 Å². The minimum atomic E-state index is -0.0870. The van der Waals surface area contributed by atoms with Crippen molar-refractivity contribution in [2.24, 2.45) is 5.73 Å². The van der Waals surface area contributed by atoms with Crippen LogP contribution in [0.3, 0.4) is 0 Å². The average Bonchev–Trinajstić information content (AvgIpc) is 2.66. The highest BCUT2D eigenvalue weighted by Crippen LogP contribution is 2.30. The van der Waals surface area contributed by atoms with Gasteiger partial charge >= 0.3 is 0 Å². The zero-order valence-electron chi connectivity index (χ0n) is 8.45. The Morgan fingerprint density at radius 1 is 1.44 bits per heavy atom. The van der Waals surface area contributed by atoms with Crippen LogP contribution in [-0.4, -0.2) is 9.97 Å². The second-order valence-corrected chi connectivity index (χ2v) is 5.05. The number of halogens is 2. The maximum Gasteiger partial charge on any atom is 0.143 e. The smallest absolute Gasteiger partial charge is 0.143 e. The standard InChI is InChI=1S/C10H9Cl2N3S/c1-5(13)8-4-16-10(15-8)9-7(12)2-6(11)3-14-9/h2-5H,13H2,1H3. The summed E-state index contributed by atoms with van der Waals surface area (Å²) in [4.78, 5) is 8.54. The predicted molar refractivity (Wildman–Crippen MR) is 68.0 cm³/mol. The third-order valence-corrected chi connectivity index (χ3v) is 3.36. The van der Waals surface area contributed by atoms with Crippen LogP contribution in [0.4, 0.5) is 0 Å². The van der Waals surface area contributed by atoms with Crippen molar-refractivity contribution in [3.8, 4) is 10.7 Å². The Bertz CT molecular complexity index is 511. The van der Waals surface area contributed by atoms with Crippen LogP contribution in [0.15, 0.2) is 17.6 Å². The molecule has 0 spiro atoms. The molecule has 0 saturated carbocycles. The molecule has 3 nitrogen and oxygen atoms in total. The Morgan fingerprint density at radius 3 is 2.75 bits per heavy atom. The summed E-state index contributed by atoms with van der Waals surface area (Å²) in [7, 11) is 0. The summed E-state index contributed by atoms with van der Waals surface area (Å²) in [5, 5.41) is 3.68. The van der Waals surface area contributed by atoms with Gasteiger partial charge in [0, 0.05) is 17.6 Å². The van der Waals surface area contributed by atoms with E-state index in [9.17, 15) is 0 Å². The van der Waals surface area contributed by atoms with Crippen LogP contribution in [0.5, 0.6) is 0 Å². The summed E-state index contributed by atoms with van der Waals surface area (Å²) in [5.74, 6) is 0. The summed E-state index contributed by atoms with van der Waals surface area (Å²) < 4.78 is 0. The van der Waals surface area contributed by atoms with Crippen molar-refractivity contribution >= 4 is 34.5 Å². The minimum Gasteiger partial charge on any atom is -0.323 e. The number of nitrogens with zero attached hydrogens (tertiary/aromatic N) is 2. The van der Waals surface area contributed by atoms with E-state index < -0.39 is 0 Å². The van der Waals surface area contributed by atoms with E-state index in [1.165, 1.54) is 11.3 Å². The lowest BCUT2D eigenvalue weighted by molar-refractivity contribution is 0.790. The van der Waals surface area contributed by atoms with E-state index in [0.717, 1.165) is 10.7 Å². The molecule has 2 N–H and O–H groups in total. The van der Waals surface area contributed by atoms with Crippen LogP contribution in [0, 0.1) is 0 Å². The van der Waals surface area contributed by atoms with Crippen molar-refractivity contribution in [1.29, 1.82) is 0 Å². The first-order chi connectivity index (χ1) is 7.58. The van der Waals surface area contributed by atoms with Crippen LogP contribution in [0.25, 0.3) is 10.7 Å². The van der Waals surface area contributed by atoms with Crippen molar-refractivity contribution in [3.63, 3.8) is 0 Å². The van der Waals surface area contributed by atoms with Crippen LogP contribution in [0.1, 0.15) is 18.7 Å². The molecule has 1 atom stereocenters. The molecule has 2 heterocycles. The number of hydrogen-bond acceptors (Lipinski definition) is 4. The van der Waals surface area contributed by atoms with Gasteiger partial charge in [0.15, 0.2) is 0 Å². The molecule has 84 valence electrons. The molecule has 16 heavy (non-hydrogen) atoms. The fourth-order valence-corrected chi connectivity index (χ4v) is 2.63. The number of hydrogen-bond donors (Lipinski definition) is 1. The van der Waals surface area contributed by atoms with Crippen LogP contribution in [-0.2, 0) is 0 Å². The second-order valence-electron chi connectivity index (χ2n) is 3.35. The van der Waals surface area contributed by atoms with Crippen molar-refractivity contribution in [1.82, 2.24) is 9.97 Å². The molecule has 0 saturated heterocycles. The lowest BCUT2D eigenvalue weighted by Gasteiger charge is -2.00. The first-order valence-electron chi connectivity index (χ1n) is 4.60. The third-order valence-electron chi connectivity index (χ3n) is 2.00. The van der Waals surface area contributed by atoms with Crippen molar-refractivity contribution in [2.75, 3.05) is 0 Å². The van der Waals surface area contributed by atoms with Crippen LogP contribution in [0.2, 0.25) is 10.0 Å². The molecule has 1 unspecified atom stereocenters. The van der Waals surface area contributed by atoms with Crippen molar-refractivity contribution in [2.45, 2.75) is 13.0 Å². The Labute approximate surface area is 107 Å². The van der Waals surface area contributed by atoms with E-state index in [1.807, 2.05) is 12.3 Å². The SMILES string of the molecule is CC(N)c1csc(-c2ncc(Cl)cc2Cl)n1. The Balaban J connectivity index is 2.42. The summed E-state index contributed by atoms with van der Waals surface area (Å²) in [6.07, 6.45) is 1.55. The molecule has 0 aliphatic rings. The average molecular weight is 274 g/mol. The Kier molecular flexibility index (Phi) is 3.44. The van der Waals surface area contributed by atoms with Crippen molar-refractivity contribution in [3.05, 3.63) is 33.4 Å². The fourth-order valence-electron chi connectivity index (χ4n) is 1.18. The van der Waals surface area contributed by atoms with Gasteiger partial charge in [-0.3, -0.25) is 4.98 Å². The highest BCUT2D eigenvalue weighted by Gasteiger charge is 2.12. The Morgan fingerprint density at radius 2 is 2.19 bits per heavy atom. The summed E-state index contributed by atoms with van der Waals surface area (Å²) >= 11 is 13.3. The normalized spacial score (nSPS) is 12.8. The molecule has 2 rings (SSSR count). The van der Waals surface area contributed by atoms with Crippen LogP contribution >= 0.6 is 34.5 Å². The van der Waals surface area contributed by atoms with E-state index in [4.69, 9.17) is 28.9 Å². The van der Waals surface area contributed by atoms with Gasteiger partial charge in [0.2, 0.25) is 0 Å². The quantitative estimate of drug-likeness (QED) is 0.911. The first-order valence-corrected chi connectivity index (χ1v) is 6.24. The lowest BCUT2D eigenvalue weighted by Crippen LogP contribution is -2.04. The molecule has 0 aliphatic carbocycles. The monoisotopic (exact) mass is 273 g/mol. The van der Waals surface area contributed by atoms with Gasteiger partial charge < -0.3 is 5.73 Å². The van der Waals surface area contributed by atoms with Gasteiger partial charge in [0.25, 0.3) is 0 Å². The number of aromatic nitrogens is 2. The molecule has 6 heteroatoms. The third kappa shape index (κ3) is 2.35. The molecule has 0 aliphatic heterocycles. The maximum absolute atomic E-state index is 6.04. The van der Waals surface area contributed by atoms with Gasteiger partial charge in [0.1, 0.15) is 10.7 Å². The molecule has 0 bridgehead atoms. The molecule has 0 aromatic carbocycles. The molecule has 2 aromatic heterocycles. The van der Waals surface area contributed by atoms with E-state index >= 15 is 0 Å². The zero-order chi connectivity index (χ0) is 11.7. The summed E-state index contributed by atoms with van der Waals surface area (Å²) in [6.45, 7) is 1.88. The zero-order valence-corrected chi connectivity index (χ0v) is 10.8. The first kappa shape index (κ1) is 11.8. The van der Waals surface area contributed by atoms with E-state index in [-0.39, 0.29) is 6.04 Å². The molecular weight excluding hydrogens is 265 g/mol. The highest BCUT2D eigenvalue weighted by atomic mass is 35.5. The lowest BCUT2D eigenvalue weighted by atomic mass is 10.3. The molecule has 2 aromatic rings. The predicted octanol–water partition coefficient (Wildman–Crippen LogP) is 3.53. The van der Waals surface area contributed by atoms with Gasteiger partial charge in [-0.25, -0.2) is 4.98 Å². The summed E-state index contributed by atoms with van der Waals surface area (Å²) in [6, 6.07) is 1.56. The van der Waals surface area contributed by atoms with E-state index in [0.29, 0.717) is 15.7 Å². The van der Waals surface area contributed by atoms with Gasteiger partial charge in [0.05, 0.1) is 15.7 Å². The van der Waals surface area contributed by atoms with Gasteiger partial charge in [-0.1, -0.05) is 23.2 Å². The molecule has 0 amide bonds. The summed E-state index contributed by atoms with van der Waals surface area (Å²) in [5.41, 5.74) is 7.22. The minimum absolute atomic E-state index is 0.0870. The fraction of sp³-hybridized carbons (Fsp3) is 0.200. The maximum atomic E-state index is 6.04. The van der Waals surface area contributed by atoms with Crippen LogP contribution < -0.4 is 5.73 Å². The molecule has 0 fully saturated rings. The molecule has 0 radical (unpaired) electrons. The number of nitrogens with two attached hydrogens (primary N) is 1. The Hall–Kier alpha value is -0.680. The number of thiazole rings is 1. The number of pyridine rings is 1. The highest BCUT2D eigenvalue weighted by molar-refractivity contribution is 7.13. The second kappa shape index (κ2) is 4.67. The van der Waals surface area contributed by atoms with Gasteiger partial charge in [-0.05, 0) is 13.0 Å². The largest absolute Gasteiger partial charge is 0.323 e. The van der Waals surface area contributed by atoms with Crippen molar-refractivity contribution < 1.29 is 0 Å². The van der Waals surface area contributed by atoms with Gasteiger partial charge in [-0.2, -0.15) is 0 Å². The van der Waals surface area contributed by atoms with Gasteiger partial charge in [-0.15, -0.1) is 11.3 Å².